The van der Waals surface area contributed by atoms with Gasteiger partial charge in [-0.1, -0.05) is 28.1 Å². The van der Waals surface area contributed by atoms with Gasteiger partial charge in [-0.15, -0.1) is 0 Å². The highest BCUT2D eigenvalue weighted by molar-refractivity contribution is 14.1. The third-order valence-electron chi connectivity index (χ3n) is 2.81. The number of halogens is 2. The first kappa shape index (κ1) is 14.5. The Morgan fingerprint density at radius 2 is 1.89 bits per heavy atom. The van der Waals surface area contributed by atoms with Gasteiger partial charge < -0.3 is 5.32 Å². The van der Waals surface area contributed by atoms with Gasteiger partial charge in [-0.05, 0) is 71.8 Å². The second kappa shape index (κ2) is 6.05. The van der Waals surface area contributed by atoms with Gasteiger partial charge in [0.15, 0.2) is 0 Å². The fourth-order valence-corrected chi connectivity index (χ4v) is 2.67. The summed E-state index contributed by atoms with van der Waals surface area (Å²) >= 11 is 5.56. The molecule has 0 spiro atoms. The van der Waals surface area contributed by atoms with Crippen molar-refractivity contribution in [3.63, 3.8) is 0 Å². The van der Waals surface area contributed by atoms with Crippen LogP contribution in [-0.2, 0) is 0 Å². The zero-order chi connectivity index (χ0) is 14.0. The molecule has 0 aliphatic carbocycles. The van der Waals surface area contributed by atoms with Crippen LogP contribution in [0.2, 0.25) is 0 Å². The molecular weight excluding hydrogens is 417 g/mol. The molecule has 19 heavy (non-hydrogen) atoms. The highest BCUT2D eigenvalue weighted by Crippen LogP contribution is 2.21. The molecule has 2 aromatic rings. The van der Waals surface area contributed by atoms with E-state index in [0.29, 0.717) is 5.56 Å². The van der Waals surface area contributed by atoms with Crippen molar-refractivity contribution in [2.24, 2.45) is 0 Å². The summed E-state index contributed by atoms with van der Waals surface area (Å²) < 4.78 is 1.84. The summed E-state index contributed by atoms with van der Waals surface area (Å²) in [5.41, 5.74) is 3.73. The molecule has 0 aliphatic heterocycles. The molecule has 0 aromatic heterocycles. The summed E-state index contributed by atoms with van der Waals surface area (Å²) in [4.78, 5) is 12.3. The number of anilines is 1. The monoisotopic (exact) mass is 429 g/mol. The molecule has 1 amide bonds. The van der Waals surface area contributed by atoms with E-state index in [4.69, 9.17) is 0 Å². The smallest absolute Gasteiger partial charge is 0.256 e. The SMILES string of the molecule is Cc1ccc(C)c(NC(=O)c2cc(Br)ccc2I)c1. The Morgan fingerprint density at radius 1 is 1.16 bits per heavy atom. The molecule has 0 saturated carbocycles. The summed E-state index contributed by atoms with van der Waals surface area (Å²) in [5, 5.41) is 2.97. The molecule has 2 aromatic carbocycles. The van der Waals surface area contributed by atoms with Crippen molar-refractivity contribution in [2.75, 3.05) is 5.32 Å². The molecule has 0 aliphatic rings. The number of amides is 1. The van der Waals surface area contributed by atoms with Crippen molar-refractivity contribution in [1.82, 2.24) is 0 Å². The number of rotatable bonds is 2. The summed E-state index contributed by atoms with van der Waals surface area (Å²) in [6.07, 6.45) is 0. The number of hydrogen-bond donors (Lipinski definition) is 1. The Balaban J connectivity index is 2.30. The molecule has 0 fully saturated rings. The Morgan fingerprint density at radius 3 is 2.63 bits per heavy atom. The summed E-state index contributed by atoms with van der Waals surface area (Å²) in [7, 11) is 0. The number of benzene rings is 2. The Bertz CT molecular complexity index is 640. The first-order chi connectivity index (χ1) is 8.97. The number of nitrogens with one attached hydrogen (secondary N) is 1. The molecule has 1 N–H and O–H groups in total. The van der Waals surface area contributed by atoms with E-state index in [-0.39, 0.29) is 5.91 Å². The van der Waals surface area contributed by atoms with E-state index in [1.54, 1.807) is 0 Å². The topological polar surface area (TPSA) is 29.1 Å². The lowest BCUT2D eigenvalue weighted by molar-refractivity contribution is 0.102. The zero-order valence-corrected chi connectivity index (χ0v) is 14.4. The molecule has 2 nitrogen and oxygen atoms in total. The van der Waals surface area contributed by atoms with Gasteiger partial charge in [0.1, 0.15) is 0 Å². The highest BCUT2D eigenvalue weighted by Gasteiger charge is 2.11. The molecule has 0 radical (unpaired) electrons. The third kappa shape index (κ3) is 3.57. The average Bonchev–Trinajstić information content (AvgIpc) is 2.36. The lowest BCUT2D eigenvalue weighted by Crippen LogP contribution is -2.14. The number of carbonyl (C=O) groups excluding carboxylic acids is 1. The lowest BCUT2D eigenvalue weighted by atomic mass is 10.1. The van der Waals surface area contributed by atoms with Crippen molar-refractivity contribution in [3.8, 4) is 0 Å². The van der Waals surface area contributed by atoms with Gasteiger partial charge in [0.05, 0.1) is 5.56 Å². The standard InChI is InChI=1S/C15H13BrINO/c1-9-3-4-10(2)14(7-9)18-15(19)12-8-11(16)5-6-13(12)17/h3-8H,1-2H3,(H,18,19). The molecule has 2 rings (SSSR count). The maximum atomic E-state index is 12.3. The maximum absolute atomic E-state index is 12.3. The Labute approximate surface area is 134 Å². The number of carbonyl (C=O) groups is 1. The van der Waals surface area contributed by atoms with Crippen LogP contribution >= 0.6 is 38.5 Å². The van der Waals surface area contributed by atoms with Crippen LogP contribution in [0.4, 0.5) is 5.69 Å². The van der Waals surface area contributed by atoms with E-state index in [1.807, 2.05) is 50.2 Å². The minimum absolute atomic E-state index is 0.0839. The van der Waals surface area contributed by atoms with Gasteiger partial charge in [0.25, 0.3) is 5.91 Å². The molecular formula is C15H13BrINO. The predicted octanol–water partition coefficient (Wildman–Crippen LogP) is 4.92. The van der Waals surface area contributed by atoms with Crippen molar-refractivity contribution < 1.29 is 4.79 Å². The molecule has 0 atom stereocenters. The van der Waals surface area contributed by atoms with Crippen molar-refractivity contribution in [2.45, 2.75) is 13.8 Å². The molecule has 4 heteroatoms. The molecule has 0 bridgehead atoms. The minimum Gasteiger partial charge on any atom is -0.322 e. The van der Waals surface area contributed by atoms with E-state index >= 15 is 0 Å². The predicted molar refractivity (Wildman–Crippen MR) is 90.7 cm³/mol. The van der Waals surface area contributed by atoms with Gasteiger partial charge in [-0.3, -0.25) is 4.79 Å². The lowest BCUT2D eigenvalue weighted by Gasteiger charge is -2.10. The van der Waals surface area contributed by atoms with Crippen LogP contribution < -0.4 is 5.32 Å². The third-order valence-corrected chi connectivity index (χ3v) is 4.25. The highest BCUT2D eigenvalue weighted by atomic mass is 127. The quantitative estimate of drug-likeness (QED) is 0.674. The van der Waals surface area contributed by atoms with Crippen molar-refractivity contribution in [1.29, 1.82) is 0 Å². The molecule has 98 valence electrons. The Kier molecular flexibility index (Phi) is 4.62. The van der Waals surface area contributed by atoms with E-state index in [0.717, 1.165) is 24.9 Å². The number of aryl methyl sites for hydroxylation is 2. The molecule has 0 saturated heterocycles. The van der Waals surface area contributed by atoms with Crippen LogP contribution in [0.15, 0.2) is 40.9 Å². The fraction of sp³-hybridized carbons (Fsp3) is 0.133. The van der Waals surface area contributed by atoms with Crippen LogP contribution in [0, 0.1) is 17.4 Å². The van der Waals surface area contributed by atoms with E-state index in [1.165, 1.54) is 0 Å². The maximum Gasteiger partial charge on any atom is 0.256 e. The van der Waals surface area contributed by atoms with Crippen LogP contribution in [0.5, 0.6) is 0 Å². The fourth-order valence-electron chi connectivity index (χ4n) is 1.73. The van der Waals surface area contributed by atoms with Gasteiger partial charge >= 0.3 is 0 Å². The second-order valence-corrected chi connectivity index (χ2v) is 6.47. The van der Waals surface area contributed by atoms with Crippen molar-refractivity contribution >= 4 is 50.1 Å². The molecule has 0 heterocycles. The van der Waals surface area contributed by atoms with E-state index in [9.17, 15) is 4.79 Å². The minimum atomic E-state index is -0.0839. The largest absolute Gasteiger partial charge is 0.322 e. The average molecular weight is 430 g/mol. The molecule has 0 unspecified atom stereocenters. The first-order valence-corrected chi connectivity index (χ1v) is 7.68. The summed E-state index contributed by atoms with van der Waals surface area (Å²) in [6, 6.07) is 11.7. The number of hydrogen-bond acceptors (Lipinski definition) is 1. The first-order valence-electron chi connectivity index (χ1n) is 5.81. The van der Waals surface area contributed by atoms with Gasteiger partial charge in [0.2, 0.25) is 0 Å². The Hall–Kier alpha value is -0.880. The van der Waals surface area contributed by atoms with Crippen LogP contribution in [0.25, 0.3) is 0 Å². The van der Waals surface area contributed by atoms with Gasteiger partial charge in [0, 0.05) is 13.7 Å². The summed E-state index contributed by atoms with van der Waals surface area (Å²) in [6.45, 7) is 4.00. The van der Waals surface area contributed by atoms with Crippen LogP contribution in [0.3, 0.4) is 0 Å². The van der Waals surface area contributed by atoms with Gasteiger partial charge in [-0.25, -0.2) is 0 Å². The van der Waals surface area contributed by atoms with Crippen LogP contribution in [-0.4, -0.2) is 5.91 Å². The second-order valence-electron chi connectivity index (χ2n) is 4.40. The van der Waals surface area contributed by atoms with Gasteiger partial charge in [-0.2, -0.15) is 0 Å². The normalized spacial score (nSPS) is 10.3. The zero-order valence-electron chi connectivity index (χ0n) is 10.6. The van der Waals surface area contributed by atoms with E-state index in [2.05, 4.69) is 43.8 Å². The van der Waals surface area contributed by atoms with E-state index < -0.39 is 0 Å². The summed E-state index contributed by atoms with van der Waals surface area (Å²) in [5.74, 6) is -0.0839. The van der Waals surface area contributed by atoms with Crippen molar-refractivity contribution in [3.05, 3.63) is 61.1 Å². The van der Waals surface area contributed by atoms with Crippen LogP contribution in [0.1, 0.15) is 21.5 Å².